The summed E-state index contributed by atoms with van der Waals surface area (Å²) in [6, 6.07) is 0. The molecule has 0 aromatic carbocycles. The van der Waals surface area contributed by atoms with Crippen LogP contribution in [-0.2, 0) is 0 Å². The highest BCUT2D eigenvalue weighted by atomic mass is 32.1. The quantitative estimate of drug-likeness (QED) is 0.423. The summed E-state index contributed by atoms with van der Waals surface area (Å²) in [6.45, 7) is 0. The van der Waals surface area contributed by atoms with Crippen LogP contribution >= 0.6 is 11.5 Å². The summed E-state index contributed by atoms with van der Waals surface area (Å²) in [5, 5.41) is 9.78. The predicted molar refractivity (Wildman–Crippen MR) is 31.2 cm³/mol. The lowest BCUT2D eigenvalue weighted by molar-refractivity contribution is -0.375. The van der Waals surface area contributed by atoms with Gasteiger partial charge in [0.25, 0.3) is 5.82 Å². The van der Waals surface area contributed by atoms with Crippen molar-refractivity contribution in [1.82, 2.24) is 9.36 Å². The van der Waals surface area contributed by atoms with E-state index in [-0.39, 0.29) is 5.82 Å². The number of nitro groups is 1. The second-order valence-corrected chi connectivity index (χ2v) is 1.92. The Kier molecular flexibility index (Phi) is 1.67. The van der Waals surface area contributed by atoms with Gasteiger partial charge in [0.05, 0.1) is 0 Å². The van der Waals surface area contributed by atoms with Crippen LogP contribution in [0.4, 0.5) is 0 Å². The molecule has 10 heavy (non-hydrogen) atoms. The molecule has 0 N–H and O–H groups in total. The Hall–Kier alpha value is -1.37. The second kappa shape index (κ2) is 2.48. The number of aromatic nitrogens is 2. The van der Waals surface area contributed by atoms with Gasteiger partial charge in [-0.15, -0.1) is 0 Å². The van der Waals surface area contributed by atoms with Crippen LogP contribution in [0.3, 0.4) is 0 Å². The summed E-state index contributed by atoms with van der Waals surface area (Å²) >= 11 is 0.899. The zero-order valence-electron chi connectivity index (χ0n) is 4.55. The molecule has 0 unspecified atom stereocenters. The van der Waals surface area contributed by atoms with E-state index in [0.29, 0.717) is 0 Å². The molecule has 0 aliphatic rings. The molecular weight excluding hydrogens is 158 g/mol. The molecule has 7 heteroatoms. The van der Waals surface area contributed by atoms with Crippen LogP contribution in [0.25, 0.3) is 0 Å². The standard InChI is InChI=1S/C3HN3O3S/c7-3(6(8)9)2-4-1-10-5-2/h1H. The molecule has 6 nitrogen and oxygen atoms in total. The Balaban J connectivity index is 2.88. The van der Waals surface area contributed by atoms with Crippen LogP contribution < -0.4 is 0 Å². The minimum Gasteiger partial charge on any atom is -0.255 e. The molecule has 0 atom stereocenters. The third kappa shape index (κ3) is 1.13. The van der Waals surface area contributed by atoms with E-state index in [4.69, 9.17) is 0 Å². The highest BCUT2D eigenvalue weighted by Crippen LogP contribution is 1.94. The van der Waals surface area contributed by atoms with Crippen molar-refractivity contribution in [2.45, 2.75) is 0 Å². The first kappa shape index (κ1) is 6.75. The van der Waals surface area contributed by atoms with E-state index in [1.807, 2.05) is 0 Å². The summed E-state index contributed by atoms with van der Waals surface area (Å²) < 4.78 is 3.38. The Morgan fingerprint density at radius 3 is 2.90 bits per heavy atom. The Morgan fingerprint density at radius 2 is 2.50 bits per heavy atom. The topological polar surface area (TPSA) is 86.0 Å². The van der Waals surface area contributed by atoms with E-state index >= 15 is 0 Å². The monoisotopic (exact) mass is 159 g/mol. The van der Waals surface area contributed by atoms with E-state index in [1.54, 1.807) is 0 Å². The van der Waals surface area contributed by atoms with Gasteiger partial charge < -0.3 is 0 Å². The molecule has 1 aromatic rings. The summed E-state index contributed by atoms with van der Waals surface area (Å²) in [7, 11) is 0. The van der Waals surface area contributed by atoms with Crippen molar-refractivity contribution in [3.8, 4) is 0 Å². The van der Waals surface area contributed by atoms with Crippen molar-refractivity contribution in [3.05, 3.63) is 21.4 Å². The first-order chi connectivity index (χ1) is 4.72. The molecule has 0 aliphatic carbocycles. The minimum absolute atomic E-state index is 0.352. The first-order valence-corrected chi connectivity index (χ1v) is 3.00. The van der Waals surface area contributed by atoms with Crippen molar-refractivity contribution in [1.29, 1.82) is 0 Å². The smallest absolute Gasteiger partial charge is 0.255 e. The Morgan fingerprint density at radius 1 is 1.80 bits per heavy atom. The molecule has 0 spiro atoms. The zero-order valence-corrected chi connectivity index (χ0v) is 5.37. The maximum Gasteiger partial charge on any atom is 0.514 e. The third-order valence-corrected chi connectivity index (χ3v) is 1.20. The van der Waals surface area contributed by atoms with E-state index in [0.717, 1.165) is 11.5 Å². The number of carbonyl (C=O) groups is 1. The fraction of sp³-hybridized carbons (Fsp3) is 0. The maximum atomic E-state index is 10.4. The molecule has 0 fully saturated rings. The van der Waals surface area contributed by atoms with Crippen LogP contribution in [0.15, 0.2) is 5.51 Å². The van der Waals surface area contributed by atoms with Crippen molar-refractivity contribution in [2.24, 2.45) is 0 Å². The molecule has 1 heterocycles. The average molecular weight is 159 g/mol. The van der Waals surface area contributed by atoms with Gasteiger partial charge >= 0.3 is 5.91 Å². The predicted octanol–water partition coefficient (Wildman–Crippen LogP) is -0.0450. The van der Waals surface area contributed by atoms with Crippen molar-refractivity contribution in [3.63, 3.8) is 0 Å². The van der Waals surface area contributed by atoms with E-state index in [9.17, 15) is 14.9 Å². The van der Waals surface area contributed by atoms with Gasteiger partial charge in [0, 0.05) is 0 Å². The second-order valence-electron chi connectivity index (χ2n) is 1.32. The Labute approximate surface area is 58.8 Å². The van der Waals surface area contributed by atoms with E-state index in [2.05, 4.69) is 9.36 Å². The van der Waals surface area contributed by atoms with Crippen LogP contribution in [0.2, 0.25) is 0 Å². The van der Waals surface area contributed by atoms with Gasteiger partial charge in [-0.25, -0.2) is 9.78 Å². The zero-order chi connectivity index (χ0) is 7.56. The normalized spacial score (nSPS) is 9.20. The molecule has 0 bridgehead atoms. The number of rotatable bonds is 1. The van der Waals surface area contributed by atoms with Gasteiger partial charge in [-0.3, -0.25) is 10.1 Å². The van der Waals surface area contributed by atoms with Crippen LogP contribution in [0, 0.1) is 10.1 Å². The largest absolute Gasteiger partial charge is 0.514 e. The molecule has 1 rings (SSSR count). The molecular formula is C3HN3O3S. The van der Waals surface area contributed by atoms with Gasteiger partial charge in [0.15, 0.2) is 0 Å². The SMILES string of the molecule is O=C(c1ncsn1)[N+](=O)[O-]. The highest BCUT2D eigenvalue weighted by molar-refractivity contribution is 7.03. The molecule has 0 aliphatic heterocycles. The number of carbonyl (C=O) groups excluding carboxylic acids is 1. The van der Waals surface area contributed by atoms with Gasteiger partial charge in [0.2, 0.25) is 0 Å². The van der Waals surface area contributed by atoms with Crippen LogP contribution in [0.1, 0.15) is 10.6 Å². The van der Waals surface area contributed by atoms with Crippen molar-refractivity contribution in [2.75, 3.05) is 0 Å². The average Bonchev–Trinajstić information content (AvgIpc) is 2.36. The maximum absolute atomic E-state index is 10.4. The van der Waals surface area contributed by atoms with Gasteiger partial charge in [-0.2, -0.15) is 4.37 Å². The number of amides is 1. The lowest BCUT2D eigenvalue weighted by Gasteiger charge is -1.79. The van der Waals surface area contributed by atoms with Crippen molar-refractivity contribution >= 4 is 17.4 Å². The summed E-state index contributed by atoms with van der Waals surface area (Å²) in [5.74, 6) is -1.61. The molecule has 0 radical (unpaired) electrons. The van der Waals surface area contributed by atoms with Crippen LogP contribution in [-0.4, -0.2) is 20.2 Å². The number of nitrogens with zero attached hydrogens (tertiary/aromatic N) is 3. The first-order valence-electron chi connectivity index (χ1n) is 2.17. The van der Waals surface area contributed by atoms with E-state index in [1.165, 1.54) is 5.51 Å². The van der Waals surface area contributed by atoms with Gasteiger partial charge in [-0.05, 0) is 11.5 Å². The molecule has 0 saturated heterocycles. The molecule has 52 valence electrons. The lowest BCUT2D eigenvalue weighted by atomic mass is 10.6. The third-order valence-electron chi connectivity index (χ3n) is 0.718. The lowest BCUT2D eigenvalue weighted by Crippen LogP contribution is -2.12. The van der Waals surface area contributed by atoms with E-state index < -0.39 is 10.8 Å². The van der Waals surface area contributed by atoms with Gasteiger partial charge in [0.1, 0.15) is 10.4 Å². The fourth-order valence-corrected chi connectivity index (χ4v) is 0.766. The molecule has 1 amide bonds. The minimum atomic E-state index is -1.26. The number of hydrogen-bond acceptors (Lipinski definition) is 6. The van der Waals surface area contributed by atoms with Crippen molar-refractivity contribution < 1.29 is 9.72 Å². The molecule has 0 saturated carbocycles. The van der Waals surface area contributed by atoms with Gasteiger partial charge in [-0.1, -0.05) is 0 Å². The fourth-order valence-electron chi connectivity index (χ4n) is 0.346. The number of hydrogen-bond donors (Lipinski definition) is 0. The summed E-state index contributed by atoms with van der Waals surface area (Å²) in [5.41, 5.74) is 1.26. The summed E-state index contributed by atoms with van der Waals surface area (Å²) in [6.07, 6.45) is 0. The Bertz CT molecular complexity index is 256. The summed E-state index contributed by atoms with van der Waals surface area (Å²) in [4.78, 5) is 22.5. The van der Waals surface area contributed by atoms with Crippen LogP contribution in [0.5, 0.6) is 0 Å². The molecule has 1 aromatic heterocycles. The highest BCUT2D eigenvalue weighted by Gasteiger charge is 2.21.